The quantitative estimate of drug-likeness (QED) is 0.911. The monoisotopic (exact) mass is 278 g/mol. The number of hydrogen-bond donors (Lipinski definition) is 1. The molecule has 0 bridgehead atoms. The van der Waals surface area contributed by atoms with Gasteiger partial charge in [0.05, 0.1) is 0 Å². The van der Waals surface area contributed by atoms with E-state index in [1.165, 1.54) is 37.9 Å². The van der Waals surface area contributed by atoms with Gasteiger partial charge >= 0.3 is 0 Å². The Kier molecular flexibility index (Phi) is 4.11. The van der Waals surface area contributed by atoms with E-state index in [4.69, 9.17) is 11.6 Å². The Morgan fingerprint density at radius 3 is 2.84 bits per heavy atom. The number of nitrogens with zero attached hydrogens (tertiary/aromatic N) is 1. The minimum Gasteiger partial charge on any atom is -0.315 e. The first-order valence-corrected chi connectivity index (χ1v) is 7.89. The molecule has 1 aromatic rings. The van der Waals surface area contributed by atoms with Crippen LogP contribution < -0.4 is 5.32 Å². The van der Waals surface area contributed by atoms with Crippen LogP contribution in [0.3, 0.4) is 0 Å². The summed E-state index contributed by atoms with van der Waals surface area (Å²) in [6.07, 6.45) is 3.91. The molecule has 3 rings (SSSR count). The molecule has 2 saturated heterocycles. The fourth-order valence-corrected chi connectivity index (χ4v) is 3.96. The van der Waals surface area contributed by atoms with Gasteiger partial charge in [-0.05, 0) is 56.0 Å². The van der Waals surface area contributed by atoms with E-state index in [9.17, 15) is 0 Å². The van der Waals surface area contributed by atoms with Crippen LogP contribution in [0.25, 0.3) is 0 Å². The van der Waals surface area contributed by atoms with Crippen LogP contribution in [0.2, 0.25) is 5.02 Å². The van der Waals surface area contributed by atoms with E-state index in [2.05, 4.69) is 29.3 Å². The van der Waals surface area contributed by atoms with Gasteiger partial charge in [-0.25, -0.2) is 0 Å². The third kappa shape index (κ3) is 2.67. The first-order chi connectivity index (χ1) is 9.29. The van der Waals surface area contributed by atoms with E-state index in [0.29, 0.717) is 6.04 Å². The molecule has 2 nitrogen and oxygen atoms in total. The molecule has 2 aliphatic heterocycles. The molecular weight excluding hydrogens is 256 g/mol. The van der Waals surface area contributed by atoms with Crippen molar-refractivity contribution in [3.05, 3.63) is 34.9 Å². The lowest BCUT2D eigenvalue weighted by atomic mass is 9.89. The summed E-state index contributed by atoms with van der Waals surface area (Å²) < 4.78 is 0. The van der Waals surface area contributed by atoms with E-state index in [1.54, 1.807) is 0 Å². The zero-order chi connectivity index (χ0) is 13.2. The highest BCUT2D eigenvalue weighted by Gasteiger charge is 2.37. The Bertz CT molecular complexity index is 417. The highest BCUT2D eigenvalue weighted by atomic mass is 35.5. The van der Waals surface area contributed by atoms with E-state index in [1.807, 2.05) is 12.1 Å². The van der Waals surface area contributed by atoms with Gasteiger partial charge in [-0.1, -0.05) is 30.7 Å². The Morgan fingerprint density at radius 2 is 2.11 bits per heavy atom. The predicted octanol–water partition coefficient (Wildman–Crippen LogP) is 3.47. The molecule has 0 amide bonds. The summed E-state index contributed by atoms with van der Waals surface area (Å²) in [4.78, 5) is 2.73. The van der Waals surface area contributed by atoms with E-state index in [-0.39, 0.29) is 0 Å². The smallest absolute Gasteiger partial charge is 0.0406 e. The molecule has 0 aromatic heterocycles. The number of nitrogens with one attached hydrogen (secondary N) is 1. The maximum atomic E-state index is 6.01. The van der Waals surface area contributed by atoms with Crippen LogP contribution >= 0.6 is 11.6 Å². The standard InChI is InChI=1S/C16H23ClN2/c1-2-15(12-5-7-14(17)8-6-12)19-9-3-4-13-10-18-11-16(13)19/h5-8,13,15-16,18H,2-4,9-11H2,1H3. The fourth-order valence-electron chi connectivity index (χ4n) is 3.84. The average molecular weight is 279 g/mol. The molecule has 0 saturated carbocycles. The molecule has 2 aliphatic rings. The maximum absolute atomic E-state index is 6.01. The third-order valence-corrected chi connectivity index (χ3v) is 5.02. The molecule has 0 aliphatic carbocycles. The molecule has 3 atom stereocenters. The van der Waals surface area contributed by atoms with Crippen LogP contribution in [-0.2, 0) is 0 Å². The van der Waals surface area contributed by atoms with Crippen LogP contribution in [-0.4, -0.2) is 30.6 Å². The Hall–Kier alpha value is -0.570. The number of benzene rings is 1. The summed E-state index contributed by atoms with van der Waals surface area (Å²) in [6, 6.07) is 9.71. The number of hydrogen-bond acceptors (Lipinski definition) is 2. The summed E-state index contributed by atoms with van der Waals surface area (Å²) in [5, 5.41) is 4.40. The minimum atomic E-state index is 0.546. The molecule has 1 aromatic carbocycles. The van der Waals surface area contributed by atoms with Gasteiger partial charge in [0.15, 0.2) is 0 Å². The van der Waals surface area contributed by atoms with Gasteiger partial charge in [-0.2, -0.15) is 0 Å². The van der Waals surface area contributed by atoms with Gasteiger partial charge in [-0.3, -0.25) is 4.90 Å². The Labute approximate surface area is 121 Å². The molecule has 19 heavy (non-hydrogen) atoms. The largest absolute Gasteiger partial charge is 0.315 e. The third-order valence-electron chi connectivity index (χ3n) is 4.76. The van der Waals surface area contributed by atoms with Crippen LogP contribution in [0.15, 0.2) is 24.3 Å². The van der Waals surface area contributed by atoms with Crippen molar-refractivity contribution in [2.75, 3.05) is 19.6 Å². The molecule has 2 heterocycles. The molecule has 104 valence electrons. The molecule has 0 radical (unpaired) electrons. The van der Waals surface area contributed by atoms with Crippen molar-refractivity contribution in [2.24, 2.45) is 5.92 Å². The van der Waals surface area contributed by atoms with Crippen molar-refractivity contribution >= 4 is 11.6 Å². The summed E-state index contributed by atoms with van der Waals surface area (Å²) >= 11 is 6.01. The number of piperidine rings is 1. The zero-order valence-corrected chi connectivity index (χ0v) is 12.4. The summed E-state index contributed by atoms with van der Waals surface area (Å²) in [5.74, 6) is 0.857. The highest BCUT2D eigenvalue weighted by molar-refractivity contribution is 6.30. The van der Waals surface area contributed by atoms with Crippen molar-refractivity contribution in [1.29, 1.82) is 0 Å². The first-order valence-electron chi connectivity index (χ1n) is 7.51. The topological polar surface area (TPSA) is 15.3 Å². The molecule has 0 spiro atoms. The van der Waals surface area contributed by atoms with Crippen molar-refractivity contribution in [3.8, 4) is 0 Å². The van der Waals surface area contributed by atoms with Gasteiger partial charge in [0.1, 0.15) is 0 Å². The van der Waals surface area contributed by atoms with Crippen molar-refractivity contribution in [3.63, 3.8) is 0 Å². The summed E-state index contributed by atoms with van der Waals surface area (Å²) in [6.45, 7) is 5.90. The summed E-state index contributed by atoms with van der Waals surface area (Å²) in [7, 11) is 0. The zero-order valence-electron chi connectivity index (χ0n) is 11.6. The molecule has 3 heteroatoms. The normalized spacial score (nSPS) is 29.2. The lowest BCUT2D eigenvalue weighted by molar-refractivity contribution is 0.0744. The highest BCUT2D eigenvalue weighted by Crippen LogP contribution is 2.35. The van der Waals surface area contributed by atoms with Crippen LogP contribution in [0, 0.1) is 5.92 Å². The molecule has 3 unspecified atom stereocenters. The van der Waals surface area contributed by atoms with Crippen LogP contribution in [0.1, 0.15) is 37.8 Å². The van der Waals surface area contributed by atoms with Gasteiger partial charge in [0, 0.05) is 23.7 Å². The van der Waals surface area contributed by atoms with Gasteiger partial charge in [-0.15, -0.1) is 0 Å². The number of halogens is 1. The molecular formula is C16H23ClN2. The number of rotatable bonds is 3. The lowest BCUT2D eigenvalue weighted by Crippen LogP contribution is -2.46. The van der Waals surface area contributed by atoms with Gasteiger partial charge in [0.2, 0.25) is 0 Å². The number of fused-ring (bicyclic) bond motifs is 1. The van der Waals surface area contributed by atoms with Gasteiger partial charge in [0.25, 0.3) is 0 Å². The van der Waals surface area contributed by atoms with Crippen LogP contribution in [0.5, 0.6) is 0 Å². The average Bonchev–Trinajstić information content (AvgIpc) is 2.91. The van der Waals surface area contributed by atoms with Crippen molar-refractivity contribution in [2.45, 2.75) is 38.3 Å². The lowest BCUT2D eigenvalue weighted by Gasteiger charge is -2.42. The van der Waals surface area contributed by atoms with E-state index in [0.717, 1.165) is 23.5 Å². The van der Waals surface area contributed by atoms with E-state index >= 15 is 0 Å². The fraction of sp³-hybridized carbons (Fsp3) is 0.625. The predicted molar refractivity (Wildman–Crippen MR) is 80.6 cm³/mol. The Balaban J connectivity index is 1.82. The maximum Gasteiger partial charge on any atom is 0.0406 e. The Morgan fingerprint density at radius 1 is 1.32 bits per heavy atom. The first kappa shape index (κ1) is 13.4. The SMILES string of the molecule is CCC(c1ccc(Cl)cc1)N1CCCC2CNCC21. The van der Waals surface area contributed by atoms with Crippen molar-refractivity contribution < 1.29 is 0 Å². The molecule has 2 fully saturated rings. The second kappa shape index (κ2) is 5.82. The molecule has 1 N–H and O–H groups in total. The van der Waals surface area contributed by atoms with Crippen LogP contribution in [0.4, 0.5) is 0 Å². The van der Waals surface area contributed by atoms with Gasteiger partial charge < -0.3 is 5.32 Å². The van der Waals surface area contributed by atoms with E-state index < -0.39 is 0 Å². The van der Waals surface area contributed by atoms with Crippen molar-refractivity contribution in [1.82, 2.24) is 10.2 Å². The summed E-state index contributed by atoms with van der Waals surface area (Å²) in [5.41, 5.74) is 1.42. The number of likely N-dealkylation sites (tertiary alicyclic amines) is 1. The second-order valence-corrected chi connectivity index (χ2v) is 6.28. The minimum absolute atomic E-state index is 0.546. The second-order valence-electron chi connectivity index (χ2n) is 5.84.